The Morgan fingerprint density at radius 3 is 2.18 bits per heavy atom. The van der Waals surface area contributed by atoms with Crippen LogP contribution in [-0.2, 0) is 0 Å². The SMILES string of the molecule is Cc1nc([B]C(=Cc2ccccc2)c2ccccc2)[nH]c1C. The van der Waals surface area contributed by atoms with Gasteiger partial charge < -0.3 is 4.98 Å². The highest BCUT2D eigenvalue weighted by Gasteiger charge is 2.10. The summed E-state index contributed by atoms with van der Waals surface area (Å²) in [4.78, 5) is 7.89. The molecule has 0 amide bonds. The molecule has 0 fully saturated rings. The molecule has 0 unspecified atom stereocenters. The monoisotopic (exact) mass is 285 g/mol. The van der Waals surface area contributed by atoms with Gasteiger partial charge in [0, 0.05) is 5.69 Å². The van der Waals surface area contributed by atoms with Crippen LogP contribution in [0, 0.1) is 13.8 Å². The summed E-state index contributed by atoms with van der Waals surface area (Å²) >= 11 is 0. The zero-order valence-corrected chi connectivity index (χ0v) is 12.9. The second-order valence-electron chi connectivity index (χ2n) is 5.35. The number of rotatable bonds is 4. The average Bonchev–Trinajstić information content (AvgIpc) is 2.86. The average molecular weight is 285 g/mol. The van der Waals surface area contributed by atoms with Crippen molar-refractivity contribution in [1.82, 2.24) is 9.97 Å². The van der Waals surface area contributed by atoms with Crippen LogP contribution >= 0.6 is 0 Å². The Morgan fingerprint density at radius 1 is 0.955 bits per heavy atom. The van der Waals surface area contributed by atoms with Gasteiger partial charge in [0.2, 0.25) is 7.28 Å². The number of hydrogen-bond acceptors (Lipinski definition) is 1. The van der Waals surface area contributed by atoms with Crippen LogP contribution in [0.25, 0.3) is 11.5 Å². The number of H-pyrrole nitrogens is 1. The molecule has 0 saturated carbocycles. The molecule has 1 N–H and O–H groups in total. The van der Waals surface area contributed by atoms with E-state index in [1.54, 1.807) is 0 Å². The molecule has 2 nitrogen and oxygen atoms in total. The molecular formula is C19H18BN2. The molecule has 1 aromatic heterocycles. The van der Waals surface area contributed by atoms with Gasteiger partial charge in [-0.05, 0) is 25.0 Å². The second-order valence-corrected chi connectivity index (χ2v) is 5.35. The van der Waals surface area contributed by atoms with Gasteiger partial charge in [0.05, 0.1) is 11.4 Å². The van der Waals surface area contributed by atoms with Crippen molar-refractivity contribution >= 4 is 24.6 Å². The molecule has 1 heterocycles. The minimum absolute atomic E-state index is 0.890. The van der Waals surface area contributed by atoms with E-state index < -0.39 is 0 Å². The molecular weight excluding hydrogens is 267 g/mol. The number of hydrogen-bond donors (Lipinski definition) is 1. The minimum atomic E-state index is 0.890. The summed E-state index contributed by atoms with van der Waals surface area (Å²) in [6, 6.07) is 20.7. The number of nitrogens with one attached hydrogen (secondary N) is 1. The predicted octanol–water partition coefficient (Wildman–Crippen LogP) is 3.55. The molecule has 3 rings (SSSR count). The standard InChI is InChI=1S/C19H18BN2/c1-14-15(2)22-19(21-14)20-18(17-11-7-4-8-12-17)13-16-9-5-3-6-10-16/h3-13H,1-2H3,(H,21,22). The molecule has 22 heavy (non-hydrogen) atoms. The molecule has 0 bridgehead atoms. The maximum atomic E-state index is 4.57. The first-order chi connectivity index (χ1) is 10.7. The van der Waals surface area contributed by atoms with Gasteiger partial charge in [0.1, 0.15) is 0 Å². The number of nitrogens with zero attached hydrogens (tertiary/aromatic N) is 1. The summed E-state index contributed by atoms with van der Waals surface area (Å²) in [7, 11) is 2.10. The van der Waals surface area contributed by atoms with Gasteiger partial charge in [0.25, 0.3) is 0 Å². The summed E-state index contributed by atoms with van der Waals surface area (Å²) < 4.78 is 0. The van der Waals surface area contributed by atoms with E-state index in [4.69, 9.17) is 0 Å². The van der Waals surface area contributed by atoms with E-state index in [1.165, 1.54) is 11.1 Å². The predicted molar refractivity (Wildman–Crippen MR) is 94.2 cm³/mol. The van der Waals surface area contributed by atoms with E-state index in [0.29, 0.717) is 0 Å². The highest BCUT2D eigenvalue weighted by Crippen LogP contribution is 2.17. The molecule has 0 spiro atoms. The lowest BCUT2D eigenvalue weighted by Gasteiger charge is -2.06. The Morgan fingerprint density at radius 2 is 1.59 bits per heavy atom. The Balaban J connectivity index is 1.98. The molecule has 1 radical (unpaired) electrons. The lowest BCUT2D eigenvalue weighted by molar-refractivity contribution is 1.22. The molecule has 0 aliphatic rings. The van der Waals surface area contributed by atoms with Crippen molar-refractivity contribution < 1.29 is 0 Å². The normalized spacial score (nSPS) is 11.5. The molecule has 0 aliphatic carbocycles. The van der Waals surface area contributed by atoms with Gasteiger partial charge in [-0.1, -0.05) is 72.2 Å². The van der Waals surface area contributed by atoms with Crippen LogP contribution in [0.1, 0.15) is 22.5 Å². The third-order valence-corrected chi connectivity index (χ3v) is 3.67. The molecule has 0 atom stereocenters. The third-order valence-electron chi connectivity index (χ3n) is 3.67. The molecule has 107 valence electrons. The Hall–Kier alpha value is -2.55. The first kappa shape index (κ1) is 14.4. The van der Waals surface area contributed by atoms with Crippen LogP contribution in [0.4, 0.5) is 0 Å². The lowest BCUT2D eigenvalue weighted by Crippen LogP contribution is -2.20. The maximum absolute atomic E-state index is 4.57. The highest BCUT2D eigenvalue weighted by atomic mass is 14.9. The van der Waals surface area contributed by atoms with Crippen LogP contribution in [-0.4, -0.2) is 17.2 Å². The van der Waals surface area contributed by atoms with Gasteiger partial charge in [-0.3, -0.25) is 0 Å². The molecule has 3 aromatic rings. The first-order valence-electron chi connectivity index (χ1n) is 7.42. The zero-order chi connectivity index (χ0) is 15.4. The fourth-order valence-electron chi connectivity index (χ4n) is 2.36. The maximum Gasteiger partial charge on any atom is 0.241 e. The van der Waals surface area contributed by atoms with E-state index in [-0.39, 0.29) is 0 Å². The van der Waals surface area contributed by atoms with E-state index in [1.807, 2.05) is 26.0 Å². The summed E-state index contributed by atoms with van der Waals surface area (Å²) in [5.41, 5.74) is 6.54. The van der Waals surface area contributed by atoms with Gasteiger partial charge in [-0.15, -0.1) is 0 Å². The number of benzene rings is 2. The van der Waals surface area contributed by atoms with E-state index in [2.05, 4.69) is 71.9 Å². The second kappa shape index (κ2) is 6.48. The number of imidazole rings is 1. The van der Waals surface area contributed by atoms with Crippen molar-refractivity contribution in [3.8, 4) is 0 Å². The molecule has 2 aromatic carbocycles. The van der Waals surface area contributed by atoms with Crippen molar-refractivity contribution in [3.05, 3.63) is 83.2 Å². The van der Waals surface area contributed by atoms with Crippen LogP contribution in [0.2, 0.25) is 0 Å². The van der Waals surface area contributed by atoms with Crippen LogP contribution in [0.3, 0.4) is 0 Å². The quantitative estimate of drug-likeness (QED) is 0.576. The number of aromatic nitrogens is 2. The van der Waals surface area contributed by atoms with Gasteiger partial charge in [-0.25, -0.2) is 4.98 Å². The van der Waals surface area contributed by atoms with Crippen LogP contribution < -0.4 is 5.72 Å². The van der Waals surface area contributed by atoms with E-state index >= 15 is 0 Å². The van der Waals surface area contributed by atoms with Crippen molar-refractivity contribution in [2.45, 2.75) is 13.8 Å². The van der Waals surface area contributed by atoms with Crippen molar-refractivity contribution in [3.63, 3.8) is 0 Å². The number of aryl methyl sites for hydroxylation is 2. The van der Waals surface area contributed by atoms with Gasteiger partial charge >= 0.3 is 0 Å². The van der Waals surface area contributed by atoms with Crippen molar-refractivity contribution in [2.75, 3.05) is 0 Å². The largest absolute Gasteiger partial charge is 0.354 e. The topological polar surface area (TPSA) is 28.7 Å². The fourth-order valence-corrected chi connectivity index (χ4v) is 2.36. The molecule has 0 saturated heterocycles. The van der Waals surface area contributed by atoms with Gasteiger partial charge in [-0.2, -0.15) is 0 Å². The summed E-state index contributed by atoms with van der Waals surface area (Å²) in [5, 5.41) is 0. The highest BCUT2D eigenvalue weighted by molar-refractivity contribution is 6.73. The molecule has 3 heteroatoms. The Labute approximate surface area is 132 Å². The van der Waals surface area contributed by atoms with Crippen molar-refractivity contribution in [1.29, 1.82) is 0 Å². The summed E-state index contributed by atoms with van der Waals surface area (Å²) in [6.45, 7) is 4.06. The smallest absolute Gasteiger partial charge is 0.241 e. The van der Waals surface area contributed by atoms with Crippen molar-refractivity contribution in [2.24, 2.45) is 0 Å². The number of aromatic amines is 1. The summed E-state index contributed by atoms with van der Waals surface area (Å²) in [6.07, 6.45) is 2.18. The third kappa shape index (κ3) is 3.37. The first-order valence-corrected chi connectivity index (χ1v) is 7.42. The minimum Gasteiger partial charge on any atom is -0.354 e. The fraction of sp³-hybridized carbons (Fsp3) is 0.105. The summed E-state index contributed by atoms with van der Waals surface area (Å²) in [5.74, 6) is 0. The van der Waals surface area contributed by atoms with E-state index in [0.717, 1.165) is 22.6 Å². The van der Waals surface area contributed by atoms with Crippen LogP contribution in [0.15, 0.2) is 60.7 Å². The molecule has 0 aliphatic heterocycles. The van der Waals surface area contributed by atoms with E-state index in [9.17, 15) is 0 Å². The lowest BCUT2D eigenvalue weighted by atomic mass is 9.65. The van der Waals surface area contributed by atoms with Crippen LogP contribution in [0.5, 0.6) is 0 Å². The Bertz CT molecular complexity index is 754. The Kier molecular flexibility index (Phi) is 4.24. The zero-order valence-electron chi connectivity index (χ0n) is 12.9. The van der Waals surface area contributed by atoms with Gasteiger partial charge in [0.15, 0.2) is 0 Å².